The van der Waals surface area contributed by atoms with Gasteiger partial charge in [0.1, 0.15) is 0 Å². The molecule has 0 unspecified atom stereocenters. The zero-order valence-electron chi connectivity index (χ0n) is 32.1. The van der Waals surface area contributed by atoms with Gasteiger partial charge in [0.2, 0.25) is 0 Å². The van der Waals surface area contributed by atoms with Crippen LogP contribution < -0.4 is 15.5 Å². The van der Waals surface area contributed by atoms with Crippen LogP contribution in [0.1, 0.15) is 16.7 Å². The fourth-order valence-corrected chi connectivity index (χ4v) is 12.7. The van der Waals surface area contributed by atoms with E-state index in [9.17, 15) is 4.89 Å². The van der Waals surface area contributed by atoms with Crippen LogP contribution in [0, 0.1) is 0 Å². The summed E-state index contributed by atoms with van der Waals surface area (Å²) in [4.78, 5) is 26.5. The molecule has 0 spiro atoms. The molecule has 9 aromatic rings. The molecule has 0 aliphatic carbocycles. The first-order valence-electron chi connectivity index (χ1n) is 20.0. The van der Waals surface area contributed by atoms with Crippen LogP contribution in [0.4, 0.5) is 17.1 Å². The SMILES string of the molecule is O[PH]1(c2cccc(-c3ccccc3)c2)C2=C(c3ccccc3N(c3cccc(-c4nc(-c5ccccc5)cc(-c5ccccc5)n4)c3)c3ccccc32)c2ccccc21. The molecule has 5 heteroatoms. The number of para-hydroxylation sites is 2. The van der Waals surface area contributed by atoms with E-state index < -0.39 is 7.49 Å². The van der Waals surface area contributed by atoms with Gasteiger partial charge in [0.15, 0.2) is 0 Å². The van der Waals surface area contributed by atoms with Crippen LogP contribution in [0.25, 0.3) is 55.9 Å². The molecule has 0 bridgehead atoms. The Balaban J connectivity index is 1.12. The van der Waals surface area contributed by atoms with Gasteiger partial charge in [-0.2, -0.15) is 0 Å². The molecule has 0 saturated carbocycles. The topological polar surface area (TPSA) is 49.2 Å². The Kier molecular flexibility index (Phi) is 8.48. The van der Waals surface area contributed by atoms with Crippen LogP contribution in [0.5, 0.6) is 0 Å². The Bertz CT molecular complexity index is 3020. The second kappa shape index (κ2) is 14.3. The minimum absolute atomic E-state index is 0.651. The van der Waals surface area contributed by atoms with Gasteiger partial charge in [-0.25, -0.2) is 0 Å². The molecule has 8 aromatic carbocycles. The summed E-state index contributed by atoms with van der Waals surface area (Å²) in [6.45, 7) is 0. The van der Waals surface area contributed by atoms with Crippen LogP contribution in [-0.4, -0.2) is 14.9 Å². The second-order valence-electron chi connectivity index (χ2n) is 15.1. The molecule has 1 N–H and O–H groups in total. The van der Waals surface area contributed by atoms with E-state index in [1.54, 1.807) is 0 Å². The Morgan fingerprint density at radius 3 is 1.58 bits per heavy atom. The van der Waals surface area contributed by atoms with Crippen molar-refractivity contribution in [2.45, 2.75) is 0 Å². The van der Waals surface area contributed by atoms with E-state index in [0.29, 0.717) is 5.82 Å². The molecule has 2 aliphatic rings. The van der Waals surface area contributed by atoms with Crippen molar-refractivity contribution in [3.63, 3.8) is 0 Å². The van der Waals surface area contributed by atoms with Crippen molar-refractivity contribution in [3.8, 4) is 45.0 Å². The maximum absolute atomic E-state index is 13.8. The second-order valence-corrected chi connectivity index (χ2v) is 18.1. The van der Waals surface area contributed by atoms with Gasteiger partial charge >= 0.3 is 310 Å². The van der Waals surface area contributed by atoms with Gasteiger partial charge in [-0.15, -0.1) is 0 Å². The van der Waals surface area contributed by atoms with Crippen LogP contribution >= 0.6 is 7.49 Å². The average molecular weight is 776 g/mol. The average Bonchev–Trinajstić information content (AvgIpc) is 3.50. The first-order chi connectivity index (χ1) is 29.1. The molecule has 0 radical (unpaired) electrons. The molecule has 3 heterocycles. The number of benzene rings is 8. The molecule has 4 nitrogen and oxygen atoms in total. The van der Waals surface area contributed by atoms with Crippen molar-refractivity contribution in [1.29, 1.82) is 0 Å². The number of anilines is 3. The summed E-state index contributed by atoms with van der Waals surface area (Å²) >= 11 is 0. The number of fused-ring (bicyclic) bond motifs is 6. The van der Waals surface area contributed by atoms with Crippen LogP contribution in [0.15, 0.2) is 218 Å². The van der Waals surface area contributed by atoms with Crippen molar-refractivity contribution in [2.75, 3.05) is 4.90 Å². The van der Waals surface area contributed by atoms with Crippen LogP contribution in [0.3, 0.4) is 0 Å². The third-order valence-electron chi connectivity index (χ3n) is 11.6. The zero-order valence-corrected chi connectivity index (χ0v) is 33.1. The molecule has 280 valence electrons. The number of hydrogen-bond acceptors (Lipinski definition) is 4. The Hall–Kier alpha value is -7.23. The van der Waals surface area contributed by atoms with E-state index in [4.69, 9.17) is 9.97 Å². The fraction of sp³-hybridized carbons (Fsp3) is 0. The summed E-state index contributed by atoms with van der Waals surface area (Å²) in [7, 11) is -3.60. The Labute approximate surface area is 344 Å². The summed E-state index contributed by atoms with van der Waals surface area (Å²) < 4.78 is 0. The first-order valence-corrected chi connectivity index (χ1v) is 21.9. The number of aromatic nitrogens is 2. The first kappa shape index (κ1) is 35.0. The summed E-state index contributed by atoms with van der Waals surface area (Å²) in [6.07, 6.45) is 0. The molecule has 0 fully saturated rings. The van der Waals surface area contributed by atoms with Crippen molar-refractivity contribution < 1.29 is 4.89 Å². The molecular weight excluding hydrogens is 738 g/mol. The van der Waals surface area contributed by atoms with Crippen LogP contribution in [-0.2, 0) is 0 Å². The number of rotatable bonds is 6. The third kappa shape index (κ3) is 5.84. The van der Waals surface area contributed by atoms with Gasteiger partial charge in [0.25, 0.3) is 0 Å². The normalized spacial score (nSPS) is 14.1. The zero-order chi connectivity index (χ0) is 39.3. The number of nitrogens with zero attached hydrogens (tertiary/aromatic N) is 3. The molecule has 0 saturated heterocycles. The molecule has 1 aromatic heterocycles. The summed E-state index contributed by atoms with van der Waals surface area (Å²) in [5.41, 5.74) is 14.2. The quantitative estimate of drug-likeness (QED) is 0.171. The van der Waals surface area contributed by atoms with E-state index in [0.717, 1.165) is 94.5 Å². The van der Waals surface area contributed by atoms with E-state index in [2.05, 4.69) is 181 Å². The monoisotopic (exact) mass is 775 g/mol. The van der Waals surface area contributed by atoms with Crippen LogP contribution in [0.2, 0.25) is 0 Å². The standard InChI is InChI=1S/C54H38N3OP/c58-59(43-27-17-24-40(35-43)37-18-4-1-5-19-37)51-33-15-12-30-46(51)52-44-28-10-13-31-49(44)57(50-32-14-11-29-45(50)53(52)59)42-26-16-25-41(34-42)54-55-47(38-20-6-2-7-21-38)36-48(56-54)39-22-8-3-9-23-39/h1-36,58-59H. The van der Waals surface area contributed by atoms with E-state index >= 15 is 0 Å². The number of hydrogen-bond donors (Lipinski definition) is 1. The third-order valence-corrected chi connectivity index (χ3v) is 15.2. The molecule has 2 aliphatic heterocycles. The molecular formula is C54H38N3OP. The summed E-state index contributed by atoms with van der Waals surface area (Å²) in [5, 5.41) is 2.99. The van der Waals surface area contributed by atoms with Gasteiger partial charge in [0.05, 0.1) is 0 Å². The predicted molar refractivity (Wildman–Crippen MR) is 247 cm³/mol. The van der Waals surface area contributed by atoms with Crippen molar-refractivity contribution >= 4 is 46.0 Å². The molecule has 59 heavy (non-hydrogen) atoms. The van der Waals surface area contributed by atoms with Gasteiger partial charge in [-0.3, -0.25) is 0 Å². The molecule has 0 amide bonds. The van der Waals surface area contributed by atoms with Gasteiger partial charge in [0, 0.05) is 0 Å². The van der Waals surface area contributed by atoms with Crippen molar-refractivity contribution in [2.24, 2.45) is 0 Å². The summed E-state index contributed by atoms with van der Waals surface area (Å²) in [5.74, 6) is 0.651. The van der Waals surface area contributed by atoms with Gasteiger partial charge in [-0.1, -0.05) is 36.4 Å². The van der Waals surface area contributed by atoms with E-state index in [1.165, 1.54) is 0 Å². The maximum atomic E-state index is 13.8. The fourth-order valence-electron chi connectivity index (χ4n) is 8.97. The molecule has 11 rings (SSSR count). The van der Waals surface area contributed by atoms with Gasteiger partial charge in [-0.05, 0) is 0 Å². The van der Waals surface area contributed by atoms with Crippen molar-refractivity contribution in [1.82, 2.24) is 9.97 Å². The predicted octanol–water partition coefficient (Wildman–Crippen LogP) is 12.5. The minimum atomic E-state index is -3.60. The van der Waals surface area contributed by atoms with E-state index in [1.807, 2.05) is 42.5 Å². The Morgan fingerprint density at radius 1 is 0.390 bits per heavy atom. The van der Waals surface area contributed by atoms with Gasteiger partial charge < -0.3 is 0 Å². The van der Waals surface area contributed by atoms with E-state index in [-0.39, 0.29) is 0 Å². The van der Waals surface area contributed by atoms with Crippen molar-refractivity contribution in [3.05, 3.63) is 235 Å². The summed E-state index contributed by atoms with van der Waals surface area (Å²) in [6, 6.07) is 75.9. The molecule has 0 atom stereocenters. The Morgan fingerprint density at radius 2 is 0.898 bits per heavy atom.